The molecule has 1 N–H and O–H groups in total. The molecule has 0 aliphatic carbocycles. The molecule has 2 heteroatoms. The van der Waals surface area contributed by atoms with Gasteiger partial charge in [-0.2, -0.15) is 0 Å². The molecule has 1 aromatic carbocycles. The van der Waals surface area contributed by atoms with E-state index < -0.39 is 0 Å². The highest BCUT2D eigenvalue weighted by molar-refractivity contribution is 5.84. The molecular formula is C19H22N2. The van der Waals surface area contributed by atoms with Crippen molar-refractivity contribution in [3.63, 3.8) is 0 Å². The molecule has 2 nitrogen and oxygen atoms in total. The van der Waals surface area contributed by atoms with Crippen LogP contribution >= 0.6 is 0 Å². The molecule has 0 bridgehead atoms. The van der Waals surface area contributed by atoms with Crippen molar-refractivity contribution < 1.29 is 0 Å². The number of fused-ring (bicyclic) bond motifs is 1. The summed E-state index contributed by atoms with van der Waals surface area (Å²) in [6.07, 6.45) is 3.12. The van der Waals surface area contributed by atoms with E-state index in [1.54, 1.807) is 0 Å². The van der Waals surface area contributed by atoms with Crippen molar-refractivity contribution in [2.24, 2.45) is 0 Å². The average Bonchev–Trinajstić information content (AvgIpc) is 3.00. The Balaban J connectivity index is 1.92. The highest BCUT2D eigenvalue weighted by Crippen LogP contribution is 2.24. The first-order valence-corrected chi connectivity index (χ1v) is 7.49. The summed E-state index contributed by atoms with van der Waals surface area (Å²) in [5.74, 6) is 0.555. The molecule has 108 valence electrons. The molecule has 0 saturated carbocycles. The molecular weight excluding hydrogens is 256 g/mol. The van der Waals surface area contributed by atoms with E-state index in [9.17, 15) is 0 Å². The molecule has 0 spiro atoms. The summed E-state index contributed by atoms with van der Waals surface area (Å²) in [6, 6.07) is 10.8. The molecule has 0 fully saturated rings. The van der Waals surface area contributed by atoms with Gasteiger partial charge in [0.25, 0.3) is 0 Å². The highest BCUT2D eigenvalue weighted by atomic mass is 14.9. The van der Waals surface area contributed by atoms with Gasteiger partial charge in [-0.15, -0.1) is 0 Å². The van der Waals surface area contributed by atoms with Crippen molar-refractivity contribution in [1.82, 2.24) is 9.55 Å². The largest absolute Gasteiger partial charge is 0.361 e. The Kier molecular flexibility index (Phi) is 3.46. The van der Waals surface area contributed by atoms with Gasteiger partial charge < -0.3 is 9.55 Å². The van der Waals surface area contributed by atoms with E-state index in [0.717, 1.165) is 23.7 Å². The first-order valence-electron chi connectivity index (χ1n) is 7.49. The zero-order valence-electron chi connectivity index (χ0n) is 12.8. The van der Waals surface area contributed by atoms with Crippen LogP contribution in [0, 0.1) is 0 Å². The first kappa shape index (κ1) is 13.7. The van der Waals surface area contributed by atoms with E-state index in [1.165, 1.54) is 22.0 Å². The molecule has 2 aromatic heterocycles. The molecule has 0 atom stereocenters. The van der Waals surface area contributed by atoms with Crippen LogP contribution in [0.15, 0.2) is 36.5 Å². The van der Waals surface area contributed by atoms with Gasteiger partial charge in [-0.05, 0) is 47.7 Å². The number of H-pyrrole nitrogens is 1. The summed E-state index contributed by atoms with van der Waals surface area (Å²) in [5, 5.41) is 3.40. The lowest BCUT2D eigenvalue weighted by Gasteiger charge is -2.07. The van der Waals surface area contributed by atoms with E-state index in [0.29, 0.717) is 5.92 Å². The molecule has 3 aromatic rings. The van der Waals surface area contributed by atoms with Crippen LogP contribution in [0.4, 0.5) is 0 Å². The van der Waals surface area contributed by atoms with Gasteiger partial charge in [0.2, 0.25) is 0 Å². The monoisotopic (exact) mass is 278 g/mol. The average molecular weight is 278 g/mol. The molecule has 21 heavy (non-hydrogen) atoms. The fraction of sp³-hybridized carbons (Fsp3) is 0.263. The van der Waals surface area contributed by atoms with Gasteiger partial charge in [0.1, 0.15) is 0 Å². The third-order valence-electron chi connectivity index (χ3n) is 4.22. The number of rotatable bonds is 4. The van der Waals surface area contributed by atoms with Crippen molar-refractivity contribution >= 4 is 24.1 Å². The van der Waals surface area contributed by atoms with Crippen LogP contribution in [0.2, 0.25) is 0 Å². The summed E-state index contributed by atoms with van der Waals surface area (Å²) in [6.45, 7) is 13.5. The molecule has 0 radical (unpaired) electrons. The van der Waals surface area contributed by atoms with Crippen LogP contribution in [0.3, 0.4) is 0 Å². The Morgan fingerprint density at radius 1 is 1.10 bits per heavy atom. The number of benzene rings is 1. The molecule has 3 rings (SSSR count). The summed E-state index contributed by atoms with van der Waals surface area (Å²) >= 11 is 0. The maximum atomic E-state index is 4.06. The van der Waals surface area contributed by atoms with Crippen molar-refractivity contribution in [3.8, 4) is 0 Å². The van der Waals surface area contributed by atoms with Gasteiger partial charge >= 0.3 is 0 Å². The Labute approximate surface area is 125 Å². The number of hydrogen-bond acceptors (Lipinski definition) is 0. The van der Waals surface area contributed by atoms with Crippen LogP contribution in [-0.2, 0) is 13.0 Å². The highest BCUT2D eigenvalue weighted by Gasteiger charge is 2.07. The lowest BCUT2D eigenvalue weighted by atomic mass is 10.00. The Hall–Kier alpha value is -2.22. The van der Waals surface area contributed by atoms with Gasteiger partial charge in [0, 0.05) is 34.3 Å². The zero-order valence-corrected chi connectivity index (χ0v) is 12.8. The number of aromatic nitrogens is 2. The number of nitrogens with one attached hydrogen (secondary N) is 1. The van der Waals surface area contributed by atoms with Crippen molar-refractivity contribution in [2.75, 3.05) is 0 Å². The molecule has 0 unspecified atom stereocenters. The second-order valence-electron chi connectivity index (χ2n) is 5.99. The molecule has 0 amide bonds. The minimum absolute atomic E-state index is 0.555. The predicted molar refractivity (Wildman–Crippen MR) is 90.8 cm³/mol. The molecule has 0 aliphatic rings. The second kappa shape index (κ2) is 5.28. The van der Waals surface area contributed by atoms with Gasteiger partial charge in [-0.1, -0.05) is 33.1 Å². The zero-order chi connectivity index (χ0) is 15.0. The van der Waals surface area contributed by atoms with Gasteiger partial charge in [0.05, 0.1) is 0 Å². The molecule has 0 aliphatic heterocycles. The van der Waals surface area contributed by atoms with E-state index in [-0.39, 0.29) is 0 Å². The number of nitrogens with zero attached hydrogens (tertiary/aromatic N) is 1. The van der Waals surface area contributed by atoms with Crippen LogP contribution in [0.25, 0.3) is 24.1 Å². The Morgan fingerprint density at radius 2 is 1.81 bits per heavy atom. The van der Waals surface area contributed by atoms with Gasteiger partial charge in [-0.25, -0.2) is 0 Å². The van der Waals surface area contributed by atoms with Crippen LogP contribution in [-0.4, -0.2) is 9.55 Å². The first-order chi connectivity index (χ1) is 10.1. The minimum Gasteiger partial charge on any atom is -0.361 e. The normalized spacial score (nSPS) is 11.6. The maximum absolute atomic E-state index is 4.06. The van der Waals surface area contributed by atoms with E-state index in [1.807, 2.05) is 12.1 Å². The minimum atomic E-state index is 0.555. The third-order valence-corrected chi connectivity index (χ3v) is 4.22. The van der Waals surface area contributed by atoms with Gasteiger partial charge in [0.15, 0.2) is 0 Å². The number of aryl methyl sites for hydroxylation is 1. The standard InChI is InChI=1S/C19H22N2/c1-13(2)16-7-8-19-18(11-16)17(12-20-19)9-10-21-14(3)5-6-15(21)4/h5-8,11-13,20H,3-4,9-10H2,1-2H3. The number of aromatic amines is 1. The third kappa shape index (κ3) is 2.54. The SMILES string of the molecule is C=c1ccc(=C)n1CCc1c[nH]c2ccc(C(C)C)cc12. The summed E-state index contributed by atoms with van der Waals surface area (Å²) in [5.41, 5.74) is 3.96. The van der Waals surface area contributed by atoms with E-state index >= 15 is 0 Å². The Morgan fingerprint density at radius 3 is 2.48 bits per heavy atom. The Bertz CT molecular complexity index is 837. The molecule has 0 saturated heterocycles. The topological polar surface area (TPSA) is 20.7 Å². The van der Waals surface area contributed by atoms with Crippen LogP contribution in [0.1, 0.15) is 30.9 Å². The van der Waals surface area contributed by atoms with Crippen molar-refractivity contribution in [2.45, 2.75) is 32.7 Å². The van der Waals surface area contributed by atoms with Crippen molar-refractivity contribution in [3.05, 3.63) is 58.4 Å². The summed E-state index contributed by atoms with van der Waals surface area (Å²) in [7, 11) is 0. The van der Waals surface area contributed by atoms with Crippen LogP contribution < -0.4 is 10.7 Å². The summed E-state index contributed by atoms with van der Waals surface area (Å²) in [4.78, 5) is 3.37. The number of hydrogen-bond donors (Lipinski definition) is 1. The van der Waals surface area contributed by atoms with E-state index in [4.69, 9.17) is 0 Å². The maximum Gasteiger partial charge on any atom is 0.0457 e. The summed E-state index contributed by atoms with van der Waals surface area (Å²) < 4.78 is 2.17. The molecule has 2 heterocycles. The van der Waals surface area contributed by atoms with Gasteiger partial charge in [-0.3, -0.25) is 0 Å². The fourth-order valence-corrected chi connectivity index (χ4v) is 2.84. The quantitative estimate of drug-likeness (QED) is 0.757. The van der Waals surface area contributed by atoms with Crippen molar-refractivity contribution in [1.29, 1.82) is 0 Å². The fourth-order valence-electron chi connectivity index (χ4n) is 2.84. The lowest BCUT2D eigenvalue weighted by Crippen LogP contribution is -2.25. The smallest absolute Gasteiger partial charge is 0.0457 e. The lowest BCUT2D eigenvalue weighted by molar-refractivity contribution is 0.670. The van der Waals surface area contributed by atoms with E-state index in [2.05, 4.69) is 61.0 Å². The second-order valence-corrected chi connectivity index (χ2v) is 5.99. The van der Waals surface area contributed by atoms with Crippen LogP contribution in [0.5, 0.6) is 0 Å². The predicted octanol–water partition coefficient (Wildman–Crippen LogP) is 3.16.